The maximum atomic E-state index is 10.9. The Bertz CT molecular complexity index is 1040. The van der Waals surface area contributed by atoms with Crippen LogP contribution in [-0.4, -0.2) is 36.1 Å². The van der Waals surface area contributed by atoms with Crippen LogP contribution < -0.4 is 0 Å². The molecule has 150 valence electrons. The van der Waals surface area contributed by atoms with Crippen molar-refractivity contribution in [3.63, 3.8) is 0 Å². The molecule has 0 aromatic heterocycles. The summed E-state index contributed by atoms with van der Waals surface area (Å²) < 4.78 is 0. The first-order valence-electron chi connectivity index (χ1n) is 9.91. The number of carbonyl (C=O) groups is 1. The Labute approximate surface area is 178 Å². The molecule has 1 N–H and O–H groups in total. The first kappa shape index (κ1) is 21.1. The molecule has 0 spiro atoms. The van der Waals surface area contributed by atoms with Gasteiger partial charge in [0.25, 0.3) is 0 Å². The van der Waals surface area contributed by atoms with E-state index in [9.17, 15) is 4.79 Å². The van der Waals surface area contributed by atoms with E-state index < -0.39 is 5.97 Å². The van der Waals surface area contributed by atoms with Gasteiger partial charge in [0.1, 0.15) is 0 Å². The molecule has 0 bridgehead atoms. The fourth-order valence-electron chi connectivity index (χ4n) is 3.08. The quantitative estimate of drug-likeness (QED) is 0.588. The fraction of sp³-hybridized carbons (Fsp3) is 0.148. The van der Waals surface area contributed by atoms with E-state index in [4.69, 9.17) is 5.11 Å². The highest BCUT2D eigenvalue weighted by atomic mass is 16.4. The normalized spacial score (nSPS) is 11.1. The van der Waals surface area contributed by atoms with Gasteiger partial charge >= 0.3 is 5.97 Å². The van der Waals surface area contributed by atoms with Gasteiger partial charge < -0.3 is 5.11 Å². The molecule has 0 aliphatic carbocycles. The van der Waals surface area contributed by atoms with Crippen LogP contribution in [-0.2, 0) is 11.2 Å². The average Bonchev–Trinajstić information content (AvgIpc) is 2.76. The van der Waals surface area contributed by atoms with Crippen molar-refractivity contribution in [2.75, 3.05) is 20.1 Å². The Kier molecular flexibility index (Phi) is 7.60. The molecule has 3 aromatic rings. The number of likely N-dealkylation sites (N-methyl/N-ethyl adjacent to an activating group) is 1. The molecule has 30 heavy (non-hydrogen) atoms. The van der Waals surface area contributed by atoms with Crippen LogP contribution in [0.4, 0.5) is 0 Å². The van der Waals surface area contributed by atoms with Crippen LogP contribution in [0.1, 0.15) is 22.3 Å². The molecule has 0 amide bonds. The Morgan fingerprint density at radius 3 is 2.13 bits per heavy atom. The number of carboxylic acid groups (broad SMARTS) is 1. The zero-order valence-electron chi connectivity index (χ0n) is 17.1. The van der Waals surface area contributed by atoms with Gasteiger partial charge in [-0.15, -0.1) is 0 Å². The third kappa shape index (κ3) is 6.77. The van der Waals surface area contributed by atoms with E-state index in [1.807, 2.05) is 54.6 Å². The summed E-state index contributed by atoms with van der Waals surface area (Å²) in [6, 6.07) is 28.7. The zero-order valence-corrected chi connectivity index (χ0v) is 17.1. The minimum Gasteiger partial charge on any atom is -0.480 e. The largest absolute Gasteiger partial charge is 0.480 e. The number of hydrogen-bond acceptors (Lipinski definition) is 2. The summed E-state index contributed by atoms with van der Waals surface area (Å²) in [6.45, 7) is 0.510. The molecule has 0 saturated carbocycles. The van der Waals surface area contributed by atoms with Crippen molar-refractivity contribution in [1.82, 2.24) is 4.90 Å². The molecule has 0 heterocycles. The number of carboxylic acids is 1. The van der Waals surface area contributed by atoms with E-state index in [0.29, 0.717) is 6.54 Å². The molecule has 3 nitrogen and oxygen atoms in total. The number of aliphatic carboxylic acids is 1. The van der Waals surface area contributed by atoms with Crippen LogP contribution >= 0.6 is 0 Å². The second-order valence-corrected chi connectivity index (χ2v) is 7.18. The van der Waals surface area contributed by atoms with Crippen LogP contribution in [0.25, 0.3) is 5.57 Å². The van der Waals surface area contributed by atoms with Crippen LogP contribution in [0.2, 0.25) is 0 Å². The lowest BCUT2D eigenvalue weighted by molar-refractivity contribution is -0.137. The number of allylic oxidation sites excluding steroid dienone is 1. The second kappa shape index (κ2) is 10.8. The highest BCUT2D eigenvalue weighted by Crippen LogP contribution is 2.14. The maximum absolute atomic E-state index is 10.9. The molecular formula is C27H25NO2. The molecule has 0 unspecified atom stereocenters. The maximum Gasteiger partial charge on any atom is 0.317 e. The van der Waals surface area contributed by atoms with Gasteiger partial charge in [-0.05, 0) is 42.3 Å². The van der Waals surface area contributed by atoms with Gasteiger partial charge in [0.05, 0.1) is 6.54 Å². The molecule has 0 radical (unpaired) electrons. The first-order valence-corrected chi connectivity index (χ1v) is 9.91. The smallest absolute Gasteiger partial charge is 0.317 e. The SMILES string of the molecule is CN(C/C=C(/C#Cc1ccc(Cc2ccccc2)cc1)c1ccccc1)CC(=O)O. The first-order chi connectivity index (χ1) is 14.6. The monoisotopic (exact) mass is 395 g/mol. The van der Waals surface area contributed by atoms with Crippen LogP contribution in [0.15, 0.2) is 91.0 Å². The lowest BCUT2D eigenvalue weighted by Crippen LogP contribution is -2.25. The van der Waals surface area contributed by atoms with Gasteiger partial charge in [0.2, 0.25) is 0 Å². The third-order valence-electron chi connectivity index (χ3n) is 4.64. The topological polar surface area (TPSA) is 40.5 Å². The molecule has 3 heteroatoms. The van der Waals surface area contributed by atoms with Gasteiger partial charge in [-0.1, -0.05) is 90.7 Å². The summed E-state index contributed by atoms with van der Waals surface area (Å²) in [5.74, 6) is 5.67. The van der Waals surface area contributed by atoms with Gasteiger partial charge in [0.15, 0.2) is 0 Å². The molecule has 0 fully saturated rings. The van der Waals surface area contributed by atoms with Crippen molar-refractivity contribution in [1.29, 1.82) is 0 Å². The number of hydrogen-bond donors (Lipinski definition) is 1. The summed E-state index contributed by atoms with van der Waals surface area (Å²) in [6.07, 6.45) is 2.88. The van der Waals surface area contributed by atoms with E-state index >= 15 is 0 Å². The highest BCUT2D eigenvalue weighted by Gasteiger charge is 2.04. The lowest BCUT2D eigenvalue weighted by atomic mass is 10.0. The number of rotatable bonds is 7. The predicted octanol–water partition coefficient (Wildman–Crippen LogP) is 4.73. The number of benzene rings is 3. The lowest BCUT2D eigenvalue weighted by Gasteiger charge is -2.11. The summed E-state index contributed by atoms with van der Waals surface area (Å²) >= 11 is 0. The zero-order chi connectivity index (χ0) is 21.2. The van der Waals surface area contributed by atoms with E-state index in [0.717, 1.165) is 23.1 Å². The van der Waals surface area contributed by atoms with Crippen LogP contribution in [0, 0.1) is 11.8 Å². The summed E-state index contributed by atoms with van der Waals surface area (Å²) in [5.41, 5.74) is 5.40. The Morgan fingerprint density at radius 1 is 0.900 bits per heavy atom. The molecule has 3 aromatic carbocycles. The minimum atomic E-state index is -0.839. The van der Waals surface area contributed by atoms with E-state index in [1.165, 1.54) is 11.1 Å². The van der Waals surface area contributed by atoms with Gasteiger partial charge in [0, 0.05) is 17.7 Å². The summed E-state index contributed by atoms with van der Waals surface area (Å²) in [5, 5.41) is 8.94. The van der Waals surface area contributed by atoms with Crippen molar-refractivity contribution in [2.45, 2.75) is 6.42 Å². The average molecular weight is 396 g/mol. The van der Waals surface area contributed by atoms with Crippen LogP contribution in [0.5, 0.6) is 0 Å². The third-order valence-corrected chi connectivity index (χ3v) is 4.64. The van der Waals surface area contributed by atoms with Crippen molar-refractivity contribution < 1.29 is 9.90 Å². The minimum absolute atomic E-state index is 0.00508. The van der Waals surface area contributed by atoms with E-state index in [-0.39, 0.29) is 6.54 Å². The van der Waals surface area contributed by atoms with Gasteiger partial charge in [-0.25, -0.2) is 0 Å². The standard InChI is InChI=1S/C27H25NO2/c1-28(21-27(29)30)19-18-26(25-10-6-3-7-11-25)17-16-22-12-14-24(15-13-22)20-23-8-4-2-5-9-23/h2-15,18H,19-21H2,1H3,(H,29,30)/b26-18-. The van der Waals surface area contributed by atoms with Crippen molar-refractivity contribution in [2.24, 2.45) is 0 Å². The Hall–Kier alpha value is -3.61. The number of nitrogens with zero attached hydrogens (tertiary/aromatic N) is 1. The molecule has 0 aliphatic rings. The molecule has 0 aliphatic heterocycles. The highest BCUT2D eigenvalue weighted by molar-refractivity contribution is 5.79. The summed E-state index contributed by atoms with van der Waals surface area (Å²) in [7, 11) is 1.78. The summed E-state index contributed by atoms with van der Waals surface area (Å²) in [4.78, 5) is 12.6. The molecule has 0 atom stereocenters. The molecular weight excluding hydrogens is 370 g/mol. The van der Waals surface area contributed by atoms with Crippen molar-refractivity contribution in [3.8, 4) is 11.8 Å². The van der Waals surface area contributed by atoms with E-state index in [2.05, 4.69) is 48.2 Å². The molecule has 3 rings (SSSR count). The van der Waals surface area contributed by atoms with Crippen molar-refractivity contribution in [3.05, 3.63) is 113 Å². The van der Waals surface area contributed by atoms with Gasteiger partial charge in [-0.2, -0.15) is 0 Å². The Balaban J connectivity index is 1.75. The van der Waals surface area contributed by atoms with Crippen LogP contribution in [0.3, 0.4) is 0 Å². The fourth-order valence-corrected chi connectivity index (χ4v) is 3.08. The predicted molar refractivity (Wildman–Crippen MR) is 122 cm³/mol. The Morgan fingerprint density at radius 2 is 1.50 bits per heavy atom. The van der Waals surface area contributed by atoms with Gasteiger partial charge in [-0.3, -0.25) is 9.69 Å². The second-order valence-electron chi connectivity index (χ2n) is 7.18. The van der Waals surface area contributed by atoms with E-state index in [1.54, 1.807) is 11.9 Å². The molecule has 0 saturated heterocycles. The van der Waals surface area contributed by atoms with Crippen molar-refractivity contribution >= 4 is 11.5 Å².